The summed E-state index contributed by atoms with van der Waals surface area (Å²) in [5.74, 6) is 0.449. The zero-order chi connectivity index (χ0) is 30.9. The number of aromatic nitrogens is 4. The molecule has 4 aromatic rings. The van der Waals surface area contributed by atoms with Gasteiger partial charge in [-0.2, -0.15) is 15.3 Å². The van der Waals surface area contributed by atoms with Crippen LogP contribution in [0.5, 0.6) is 0 Å². The number of nitriles is 1. The van der Waals surface area contributed by atoms with Gasteiger partial charge in [0.2, 0.25) is 5.78 Å². The van der Waals surface area contributed by atoms with Gasteiger partial charge in [0.15, 0.2) is 0 Å². The van der Waals surface area contributed by atoms with Crippen molar-refractivity contribution in [2.45, 2.75) is 96.8 Å². The van der Waals surface area contributed by atoms with Gasteiger partial charge in [-0.1, -0.05) is 55.8 Å². The third-order valence-electron chi connectivity index (χ3n) is 8.42. The van der Waals surface area contributed by atoms with Gasteiger partial charge in [0, 0.05) is 23.6 Å². The van der Waals surface area contributed by atoms with E-state index in [0.29, 0.717) is 60.4 Å². The van der Waals surface area contributed by atoms with Crippen LogP contribution in [0.15, 0.2) is 47.3 Å². The Balaban J connectivity index is 1.57. The number of halogens is 1. The Morgan fingerprint density at radius 1 is 1.19 bits per heavy atom. The van der Waals surface area contributed by atoms with Gasteiger partial charge < -0.3 is 9.84 Å². The second-order valence-corrected chi connectivity index (χ2v) is 12.6. The van der Waals surface area contributed by atoms with Crippen molar-refractivity contribution >= 4 is 5.78 Å². The second kappa shape index (κ2) is 12.0. The Morgan fingerprint density at radius 2 is 1.88 bits per heavy atom. The summed E-state index contributed by atoms with van der Waals surface area (Å²) < 4.78 is 25.6. The predicted molar refractivity (Wildman–Crippen MR) is 163 cm³/mol. The summed E-state index contributed by atoms with van der Waals surface area (Å²) in [5.41, 5.74) is 1.22. The number of aryl methyl sites for hydroxylation is 2. The average molecular weight is 586 g/mol. The summed E-state index contributed by atoms with van der Waals surface area (Å²) in [6.07, 6.45) is 4.19. The number of fused-ring (bicyclic) bond motifs is 1. The quantitative estimate of drug-likeness (QED) is 0.255. The summed E-state index contributed by atoms with van der Waals surface area (Å²) in [6.45, 7) is 9.58. The van der Waals surface area contributed by atoms with Gasteiger partial charge in [0.25, 0.3) is 5.56 Å². The third kappa shape index (κ3) is 6.27. The maximum atomic E-state index is 16.0. The van der Waals surface area contributed by atoms with Gasteiger partial charge in [-0.3, -0.25) is 9.36 Å². The average Bonchev–Trinajstić information content (AvgIpc) is 3.36. The van der Waals surface area contributed by atoms with E-state index in [4.69, 9.17) is 4.74 Å². The van der Waals surface area contributed by atoms with Crippen LogP contribution < -0.4 is 5.56 Å². The Kier molecular flexibility index (Phi) is 8.55. The maximum Gasteiger partial charge on any atom is 0.259 e. The Bertz CT molecular complexity index is 1720. The van der Waals surface area contributed by atoms with Gasteiger partial charge in [-0.25, -0.2) is 8.91 Å². The molecule has 2 heterocycles. The van der Waals surface area contributed by atoms with E-state index < -0.39 is 17.0 Å². The van der Waals surface area contributed by atoms with Crippen molar-refractivity contribution in [2.24, 2.45) is 0 Å². The Morgan fingerprint density at radius 3 is 2.51 bits per heavy atom. The first kappa shape index (κ1) is 30.6. The minimum atomic E-state index is -0.925. The molecule has 1 aliphatic carbocycles. The van der Waals surface area contributed by atoms with Crippen molar-refractivity contribution in [2.75, 3.05) is 6.61 Å². The summed E-state index contributed by atoms with van der Waals surface area (Å²) in [4.78, 5) is 19.1. The largest absolute Gasteiger partial charge is 0.388 e. The van der Waals surface area contributed by atoms with Crippen LogP contribution in [-0.2, 0) is 17.6 Å². The number of ether oxygens (including phenoxy) is 1. The van der Waals surface area contributed by atoms with Crippen LogP contribution in [0.3, 0.4) is 0 Å². The van der Waals surface area contributed by atoms with Crippen LogP contribution >= 0.6 is 0 Å². The molecule has 0 aliphatic heterocycles. The molecule has 1 aliphatic rings. The van der Waals surface area contributed by atoms with Crippen molar-refractivity contribution in [1.82, 2.24) is 19.2 Å². The highest BCUT2D eigenvalue weighted by molar-refractivity contribution is 5.71. The van der Waals surface area contributed by atoms with E-state index in [-0.39, 0.29) is 30.2 Å². The number of benzene rings is 2. The summed E-state index contributed by atoms with van der Waals surface area (Å²) in [5, 5.41) is 24.8. The standard InChI is InChI=1S/C34H40FN5O3/c1-6-10-29-27(19-24-13-14-26(28(20-36)30(24)35)23-11-8-7-9-12-23)31(41)39(32-37-22(2)38-40(29)32)25-15-17-34(5,18-16-25)43-21-33(3,4)42/h7-9,11-14,25,42H,6,10,15-19,21H2,1-5H3. The molecule has 1 fully saturated rings. The zero-order valence-corrected chi connectivity index (χ0v) is 25.7. The van der Waals surface area contributed by atoms with E-state index >= 15 is 4.39 Å². The fourth-order valence-corrected chi connectivity index (χ4v) is 6.11. The summed E-state index contributed by atoms with van der Waals surface area (Å²) in [6, 6.07) is 14.6. The van der Waals surface area contributed by atoms with E-state index in [1.807, 2.05) is 37.3 Å². The molecule has 43 heavy (non-hydrogen) atoms. The highest BCUT2D eigenvalue weighted by Gasteiger charge is 2.36. The molecule has 0 bridgehead atoms. The maximum absolute atomic E-state index is 16.0. The molecule has 0 atom stereocenters. The number of hydrogen-bond acceptors (Lipinski definition) is 6. The van der Waals surface area contributed by atoms with E-state index in [1.165, 1.54) is 0 Å². The smallest absolute Gasteiger partial charge is 0.259 e. The fraction of sp³-hybridized carbons (Fsp3) is 0.471. The lowest BCUT2D eigenvalue weighted by atomic mass is 9.83. The number of nitrogens with zero attached hydrogens (tertiary/aromatic N) is 5. The molecule has 0 radical (unpaired) electrons. The van der Waals surface area contributed by atoms with E-state index in [2.05, 4.69) is 23.1 Å². The molecule has 9 heteroatoms. The minimum absolute atomic E-state index is 0.0311. The molecule has 1 saturated carbocycles. The highest BCUT2D eigenvalue weighted by Crippen LogP contribution is 2.38. The first-order valence-corrected chi connectivity index (χ1v) is 15.1. The van der Waals surface area contributed by atoms with Crippen molar-refractivity contribution in [3.05, 3.63) is 86.8 Å². The van der Waals surface area contributed by atoms with Crippen LogP contribution in [0.25, 0.3) is 16.9 Å². The van der Waals surface area contributed by atoms with Crippen LogP contribution in [0, 0.1) is 24.1 Å². The van der Waals surface area contributed by atoms with Gasteiger partial charge in [-0.15, -0.1) is 0 Å². The molecular formula is C34H40FN5O3. The lowest BCUT2D eigenvalue weighted by Gasteiger charge is -2.39. The molecule has 8 nitrogen and oxygen atoms in total. The highest BCUT2D eigenvalue weighted by atomic mass is 19.1. The molecule has 0 amide bonds. The summed E-state index contributed by atoms with van der Waals surface area (Å²) >= 11 is 0. The van der Waals surface area contributed by atoms with Crippen molar-refractivity contribution < 1.29 is 14.2 Å². The lowest BCUT2D eigenvalue weighted by Crippen LogP contribution is -2.41. The van der Waals surface area contributed by atoms with Crippen molar-refractivity contribution in [1.29, 1.82) is 5.26 Å². The Labute approximate surface area is 251 Å². The van der Waals surface area contributed by atoms with Crippen LogP contribution in [-0.4, -0.2) is 42.1 Å². The monoisotopic (exact) mass is 585 g/mol. The second-order valence-electron chi connectivity index (χ2n) is 12.6. The van der Waals surface area contributed by atoms with E-state index in [0.717, 1.165) is 17.7 Å². The molecule has 2 aromatic heterocycles. The fourth-order valence-electron chi connectivity index (χ4n) is 6.11. The minimum Gasteiger partial charge on any atom is -0.388 e. The molecule has 0 unspecified atom stereocenters. The Hall–Kier alpha value is -3.87. The van der Waals surface area contributed by atoms with Crippen LogP contribution in [0.2, 0.25) is 0 Å². The number of rotatable bonds is 9. The predicted octanol–water partition coefficient (Wildman–Crippen LogP) is 6.08. The van der Waals surface area contributed by atoms with Gasteiger partial charge in [0.05, 0.1) is 29.1 Å². The molecule has 5 rings (SSSR count). The van der Waals surface area contributed by atoms with Crippen molar-refractivity contribution in [3.8, 4) is 17.2 Å². The number of hydrogen-bond donors (Lipinski definition) is 1. The topological polar surface area (TPSA) is 105 Å². The molecule has 1 N–H and O–H groups in total. The molecule has 2 aromatic carbocycles. The van der Waals surface area contributed by atoms with Crippen LogP contribution in [0.1, 0.15) is 94.0 Å². The summed E-state index contributed by atoms with van der Waals surface area (Å²) in [7, 11) is 0. The molecule has 226 valence electrons. The van der Waals surface area contributed by atoms with Crippen molar-refractivity contribution in [3.63, 3.8) is 0 Å². The molecular weight excluding hydrogens is 545 g/mol. The first-order chi connectivity index (χ1) is 20.4. The van der Waals surface area contributed by atoms with Gasteiger partial charge >= 0.3 is 0 Å². The van der Waals surface area contributed by atoms with Gasteiger partial charge in [-0.05, 0) is 70.9 Å². The van der Waals surface area contributed by atoms with Crippen LogP contribution in [0.4, 0.5) is 4.39 Å². The van der Waals surface area contributed by atoms with Gasteiger partial charge in [0.1, 0.15) is 17.7 Å². The zero-order valence-electron chi connectivity index (χ0n) is 25.7. The number of aliphatic hydroxyl groups is 1. The normalized spacial score (nSPS) is 19.1. The molecule has 0 saturated heterocycles. The van der Waals surface area contributed by atoms with E-state index in [9.17, 15) is 15.2 Å². The van der Waals surface area contributed by atoms with E-state index in [1.54, 1.807) is 42.0 Å². The lowest BCUT2D eigenvalue weighted by molar-refractivity contribution is -0.117. The SMILES string of the molecule is CCCc1c(Cc2ccc(-c3ccccc3)c(C#N)c2F)c(=O)n(C2CCC(C)(OCC(C)(C)O)CC2)c2nc(C)nn12. The third-order valence-corrected chi connectivity index (χ3v) is 8.42. The molecule has 0 spiro atoms. The first-order valence-electron chi connectivity index (χ1n) is 15.1.